The van der Waals surface area contributed by atoms with Gasteiger partial charge in [-0.1, -0.05) is 37.0 Å². The second-order valence-corrected chi connectivity index (χ2v) is 9.64. The fourth-order valence-corrected chi connectivity index (χ4v) is 5.39. The molecular formula is C21H22N2O3S2. The van der Waals surface area contributed by atoms with Crippen LogP contribution < -0.4 is 10.0 Å². The monoisotopic (exact) mass is 414 g/mol. The number of sulfonamides is 1. The van der Waals surface area contributed by atoms with Crippen LogP contribution in [0, 0.1) is 12.3 Å². The van der Waals surface area contributed by atoms with Crippen LogP contribution in [0.3, 0.4) is 0 Å². The van der Waals surface area contributed by atoms with E-state index in [1.54, 1.807) is 23.9 Å². The molecule has 0 saturated heterocycles. The quantitative estimate of drug-likeness (QED) is 0.674. The number of hydrogen-bond donors (Lipinski definition) is 2. The zero-order valence-electron chi connectivity index (χ0n) is 15.4. The molecular weight excluding hydrogens is 392 g/mol. The third kappa shape index (κ3) is 5.16. The number of hydrogen-bond acceptors (Lipinski definition) is 4. The highest BCUT2D eigenvalue weighted by Gasteiger charge is 2.19. The number of thioether (sulfide) groups is 1. The van der Waals surface area contributed by atoms with Crippen molar-refractivity contribution in [1.82, 2.24) is 4.72 Å². The summed E-state index contributed by atoms with van der Waals surface area (Å²) >= 11 is 1.79. The van der Waals surface area contributed by atoms with Crippen LogP contribution in [0.4, 0.5) is 5.69 Å². The van der Waals surface area contributed by atoms with Gasteiger partial charge >= 0.3 is 0 Å². The second-order valence-electron chi connectivity index (χ2n) is 6.53. The van der Waals surface area contributed by atoms with Gasteiger partial charge in [0.2, 0.25) is 10.0 Å². The minimum Gasteiger partial charge on any atom is -0.321 e. The van der Waals surface area contributed by atoms with Crippen LogP contribution in [0.15, 0.2) is 58.3 Å². The van der Waals surface area contributed by atoms with Gasteiger partial charge in [-0.3, -0.25) is 4.79 Å². The third-order valence-electron chi connectivity index (χ3n) is 4.50. The predicted octanol–water partition coefficient (Wildman–Crippen LogP) is 3.89. The molecule has 28 heavy (non-hydrogen) atoms. The third-order valence-corrected chi connectivity index (χ3v) is 7.32. The van der Waals surface area contributed by atoms with Gasteiger partial charge in [0.1, 0.15) is 0 Å². The van der Waals surface area contributed by atoms with Crippen molar-refractivity contribution in [3.05, 3.63) is 54.1 Å². The minimum atomic E-state index is -3.75. The molecule has 1 amide bonds. The van der Waals surface area contributed by atoms with Crippen molar-refractivity contribution >= 4 is 33.4 Å². The van der Waals surface area contributed by atoms with E-state index in [9.17, 15) is 13.2 Å². The van der Waals surface area contributed by atoms with Crippen molar-refractivity contribution in [2.45, 2.75) is 40.7 Å². The van der Waals surface area contributed by atoms with E-state index in [0.717, 1.165) is 10.6 Å². The molecule has 7 heteroatoms. The smallest absolute Gasteiger partial charge is 0.255 e. The first kappa shape index (κ1) is 20.5. The van der Waals surface area contributed by atoms with Crippen LogP contribution in [0.2, 0.25) is 0 Å². The van der Waals surface area contributed by atoms with Crippen molar-refractivity contribution in [3.8, 4) is 12.3 Å². The average molecular weight is 415 g/mol. The van der Waals surface area contributed by atoms with Crippen LogP contribution in [0.25, 0.3) is 0 Å². The molecule has 146 valence electrons. The molecule has 1 aliphatic rings. The van der Waals surface area contributed by atoms with Crippen LogP contribution in [-0.2, 0) is 10.0 Å². The largest absolute Gasteiger partial charge is 0.321 e. The molecule has 0 atom stereocenters. The zero-order chi connectivity index (χ0) is 20.0. The van der Waals surface area contributed by atoms with Crippen molar-refractivity contribution in [1.29, 1.82) is 0 Å². The summed E-state index contributed by atoms with van der Waals surface area (Å²) in [5, 5.41) is 3.49. The molecule has 0 aliphatic heterocycles. The number of nitrogens with one attached hydrogen (secondary N) is 2. The molecule has 0 unspecified atom stereocenters. The molecule has 0 radical (unpaired) electrons. The lowest BCUT2D eigenvalue weighted by molar-refractivity contribution is 0.102. The lowest BCUT2D eigenvalue weighted by atomic mass is 10.2. The highest BCUT2D eigenvalue weighted by Crippen LogP contribution is 2.38. The molecule has 1 aliphatic carbocycles. The molecule has 1 saturated carbocycles. The number of rotatable bonds is 7. The normalized spacial score (nSPS) is 14.5. The minimum absolute atomic E-state index is 0.00372. The molecule has 0 spiro atoms. The zero-order valence-corrected chi connectivity index (χ0v) is 17.0. The molecule has 2 aromatic rings. The number of carbonyl (C=O) groups is 1. The first-order chi connectivity index (χ1) is 13.5. The molecule has 3 rings (SSSR count). The first-order valence-corrected chi connectivity index (χ1v) is 11.5. The summed E-state index contributed by atoms with van der Waals surface area (Å²) < 4.78 is 26.8. The summed E-state index contributed by atoms with van der Waals surface area (Å²) in [5.74, 6) is 1.87. The topological polar surface area (TPSA) is 75.3 Å². The lowest BCUT2D eigenvalue weighted by Gasteiger charge is -2.14. The maximum absolute atomic E-state index is 12.7. The molecule has 0 aromatic heterocycles. The van der Waals surface area contributed by atoms with E-state index in [1.807, 2.05) is 24.3 Å². The average Bonchev–Trinajstić information content (AvgIpc) is 3.21. The van der Waals surface area contributed by atoms with Crippen LogP contribution in [-0.4, -0.2) is 26.1 Å². The summed E-state index contributed by atoms with van der Waals surface area (Å²) in [4.78, 5) is 13.8. The van der Waals surface area contributed by atoms with E-state index in [2.05, 4.69) is 16.0 Å². The Labute approximate surface area is 170 Å². The molecule has 5 nitrogen and oxygen atoms in total. The van der Waals surface area contributed by atoms with E-state index in [4.69, 9.17) is 6.42 Å². The van der Waals surface area contributed by atoms with Gasteiger partial charge < -0.3 is 5.32 Å². The van der Waals surface area contributed by atoms with E-state index >= 15 is 0 Å². The Bertz CT molecular complexity index is 991. The molecule has 0 bridgehead atoms. The van der Waals surface area contributed by atoms with Gasteiger partial charge in [-0.05, 0) is 43.2 Å². The standard InChI is InChI=1S/C21H22N2O3S2/c1-2-14-22-28(25,26)18-11-7-8-16(15-18)21(24)23-19-12-5-6-13-20(19)27-17-9-3-4-10-17/h1,5-8,11-13,15,17,22H,3-4,9-10,14H2,(H,23,24). The summed E-state index contributed by atoms with van der Waals surface area (Å²) in [6.07, 6.45) is 9.99. The summed E-state index contributed by atoms with van der Waals surface area (Å²) in [7, 11) is -3.75. The molecule has 2 aromatic carbocycles. The number of carbonyl (C=O) groups excluding carboxylic acids is 1. The van der Waals surface area contributed by atoms with E-state index in [0.29, 0.717) is 5.25 Å². The van der Waals surface area contributed by atoms with Gasteiger partial charge in [-0.15, -0.1) is 18.2 Å². The molecule has 1 fully saturated rings. The lowest BCUT2D eigenvalue weighted by Crippen LogP contribution is -2.24. The molecule has 2 N–H and O–H groups in total. The van der Waals surface area contributed by atoms with Crippen LogP contribution >= 0.6 is 11.8 Å². The SMILES string of the molecule is C#CCNS(=O)(=O)c1cccc(C(=O)Nc2ccccc2SC2CCCC2)c1. The van der Waals surface area contributed by atoms with Gasteiger partial charge in [0.25, 0.3) is 5.91 Å². The van der Waals surface area contributed by atoms with Gasteiger partial charge in [0.05, 0.1) is 17.1 Å². The van der Waals surface area contributed by atoms with Crippen molar-refractivity contribution in [2.75, 3.05) is 11.9 Å². The van der Waals surface area contributed by atoms with Gasteiger partial charge in [-0.2, -0.15) is 4.72 Å². The maximum atomic E-state index is 12.7. The fourth-order valence-electron chi connectivity index (χ4n) is 3.08. The van der Waals surface area contributed by atoms with Gasteiger partial charge in [0.15, 0.2) is 0 Å². The summed E-state index contributed by atoms with van der Waals surface area (Å²) in [6, 6.07) is 13.6. The fraction of sp³-hybridized carbons (Fsp3) is 0.286. The Balaban J connectivity index is 1.77. The van der Waals surface area contributed by atoms with Crippen LogP contribution in [0.1, 0.15) is 36.0 Å². The van der Waals surface area contributed by atoms with E-state index in [-0.39, 0.29) is 22.9 Å². The summed E-state index contributed by atoms with van der Waals surface area (Å²) in [5.41, 5.74) is 1.01. The van der Waals surface area contributed by atoms with Gasteiger partial charge in [-0.25, -0.2) is 8.42 Å². The maximum Gasteiger partial charge on any atom is 0.255 e. The molecule has 0 heterocycles. The number of amides is 1. The first-order valence-electron chi connectivity index (χ1n) is 9.10. The van der Waals surface area contributed by atoms with Crippen molar-refractivity contribution in [2.24, 2.45) is 0 Å². The van der Waals surface area contributed by atoms with Gasteiger partial charge in [0, 0.05) is 15.7 Å². The number of terminal acetylenes is 1. The highest BCUT2D eigenvalue weighted by atomic mass is 32.2. The highest BCUT2D eigenvalue weighted by molar-refractivity contribution is 8.00. The predicted molar refractivity (Wildman–Crippen MR) is 113 cm³/mol. The Morgan fingerprint density at radius 3 is 2.64 bits per heavy atom. The number of para-hydroxylation sites is 1. The second kappa shape index (κ2) is 9.28. The number of benzene rings is 2. The summed E-state index contributed by atoms with van der Waals surface area (Å²) in [6.45, 7) is -0.107. The number of anilines is 1. The Hall–Kier alpha value is -2.27. The Morgan fingerprint density at radius 1 is 1.14 bits per heavy atom. The van der Waals surface area contributed by atoms with E-state index in [1.165, 1.54) is 37.8 Å². The Morgan fingerprint density at radius 2 is 1.89 bits per heavy atom. The van der Waals surface area contributed by atoms with Crippen molar-refractivity contribution < 1.29 is 13.2 Å². The van der Waals surface area contributed by atoms with E-state index < -0.39 is 10.0 Å². The van der Waals surface area contributed by atoms with Crippen molar-refractivity contribution in [3.63, 3.8) is 0 Å². The Kier molecular flexibility index (Phi) is 6.79. The van der Waals surface area contributed by atoms with Crippen LogP contribution in [0.5, 0.6) is 0 Å².